The van der Waals surface area contributed by atoms with Crippen LogP contribution in [0.1, 0.15) is 18.9 Å². The van der Waals surface area contributed by atoms with Gasteiger partial charge in [0, 0.05) is 0 Å². The summed E-state index contributed by atoms with van der Waals surface area (Å²) in [6, 6.07) is 17.8. The topological polar surface area (TPSA) is 30.8 Å². The van der Waals surface area contributed by atoms with E-state index in [1.165, 1.54) is 5.56 Å². The molecule has 0 bridgehead atoms. The van der Waals surface area contributed by atoms with Crippen LogP contribution in [0.2, 0.25) is 0 Å². The van der Waals surface area contributed by atoms with Crippen molar-refractivity contribution >= 4 is 5.71 Å². The van der Waals surface area contributed by atoms with Crippen molar-refractivity contribution in [1.82, 2.24) is 0 Å². The second-order valence-electron chi connectivity index (χ2n) is 4.86. The van der Waals surface area contributed by atoms with E-state index in [4.69, 9.17) is 16.0 Å². The fourth-order valence-electron chi connectivity index (χ4n) is 1.90. The largest absolute Gasteiger partial charge is 0.457 e. The molecule has 0 amide bonds. The minimum absolute atomic E-state index is 0.211. The maximum atomic E-state index is 5.76. The standard InChI is InChI=1S/C19H19NO2/c1-3-15-21-20-16(2)9-10-17-11-13-19(14-12-17)22-18-7-5-4-6-8-18/h1,4-8,11-14H,9-10,15H2,2H3. The Bertz CT molecular complexity index is 639. The normalized spacial score (nSPS) is 10.8. The predicted octanol–water partition coefficient (Wildman–Crippen LogP) is 4.44. The Morgan fingerprint density at radius 2 is 1.73 bits per heavy atom. The van der Waals surface area contributed by atoms with Gasteiger partial charge in [0.05, 0.1) is 5.71 Å². The summed E-state index contributed by atoms with van der Waals surface area (Å²) < 4.78 is 5.76. The van der Waals surface area contributed by atoms with E-state index in [0.29, 0.717) is 0 Å². The van der Waals surface area contributed by atoms with Crippen molar-refractivity contribution in [2.24, 2.45) is 5.16 Å². The number of rotatable bonds is 7. The van der Waals surface area contributed by atoms with Crippen molar-refractivity contribution < 1.29 is 9.57 Å². The molecule has 3 nitrogen and oxygen atoms in total. The Labute approximate surface area is 131 Å². The molecule has 0 radical (unpaired) electrons. The lowest BCUT2D eigenvalue weighted by Crippen LogP contribution is -1.97. The van der Waals surface area contributed by atoms with Crippen molar-refractivity contribution in [2.45, 2.75) is 19.8 Å². The zero-order chi connectivity index (χ0) is 15.6. The molecule has 2 rings (SSSR count). The highest BCUT2D eigenvalue weighted by molar-refractivity contribution is 5.81. The molecule has 2 aromatic rings. The second kappa shape index (κ2) is 8.53. The van der Waals surface area contributed by atoms with Crippen LogP contribution in [0.5, 0.6) is 11.5 Å². The molecule has 112 valence electrons. The van der Waals surface area contributed by atoms with E-state index in [-0.39, 0.29) is 6.61 Å². The minimum Gasteiger partial charge on any atom is -0.457 e. The molecule has 0 aliphatic rings. The number of ether oxygens (including phenoxy) is 1. The average Bonchev–Trinajstić information content (AvgIpc) is 2.55. The van der Waals surface area contributed by atoms with E-state index in [0.717, 1.165) is 30.1 Å². The van der Waals surface area contributed by atoms with E-state index in [1.54, 1.807) is 0 Å². The fraction of sp³-hybridized carbons (Fsp3) is 0.211. The van der Waals surface area contributed by atoms with E-state index in [2.05, 4.69) is 23.2 Å². The van der Waals surface area contributed by atoms with Crippen LogP contribution in [0.25, 0.3) is 0 Å². The number of para-hydroxylation sites is 1. The van der Waals surface area contributed by atoms with Crippen LogP contribution in [0.4, 0.5) is 0 Å². The molecule has 0 N–H and O–H groups in total. The Balaban J connectivity index is 1.84. The summed E-state index contributed by atoms with van der Waals surface area (Å²) in [6.45, 7) is 2.15. The molecular formula is C19H19NO2. The van der Waals surface area contributed by atoms with Crippen molar-refractivity contribution in [2.75, 3.05) is 6.61 Å². The predicted molar refractivity (Wildman–Crippen MR) is 89.2 cm³/mol. The first-order valence-corrected chi connectivity index (χ1v) is 7.18. The van der Waals surface area contributed by atoms with Crippen molar-refractivity contribution in [3.05, 3.63) is 60.2 Å². The van der Waals surface area contributed by atoms with Crippen LogP contribution in [0, 0.1) is 12.3 Å². The minimum atomic E-state index is 0.211. The first-order valence-electron chi connectivity index (χ1n) is 7.18. The maximum absolute atomic E-state index is 5.76. The van der Waals surface area contributed by atoms with Gasteiger partial charge in [0.15, 0.2) is 6.61 Å². The van der Waals surface area contributed by atoms with Gasteiger partial charge in [-0.25, -0.2) is 0 Å². The Morgan fingerprint density at radius 1 is 1.05 bits per heavy atom. The summed E-state index contributed by atoms with van der Waals surface area (Å²) in [6.07, 6.45) is 6.83. The number of benzene rings is 2. The van der Waals surface area contributed by atoms with Gasteiger partial charge in [-0.2, -0.15) is 0 Å². The zero-order valence-corrected chi connectivity index (χ0v) is 12.7. The Kier molecular flexibility index (Phi) is 6.07. The number of nitrogens with zero attached hydrogens (tertiary/aromatic N) is 1. The molecular weight excluding hydrogens is 274 g/mol. The van der Waals surface area contributed by atoms with Gasteiger partial charge >= 0.3 is 0 Å². The highest BCUT2D eigenvalue weighted by atomic mass is 16.6. The van der Waals surface area contributed by atoms with Crippen molar-refractivity contribution in [1.29, 1.82) is 0 Å². The van der Waals surface area contributed by atoms with Gasteiger partial charge < -0.3 is 9.57 Å². The van der Waals surface area contributed by atoms with Crippen LogP contribution in [0.3, 0.4) is 0 Å². The first-order chi connectivity index (χ1) is 10.8. The number of aryl methyl sites for hydroxylation is 1. The molecule has 0 saturated heterocycles. The van der Waals surface area contributed by atoms with E-state index in [9.17, 15) is 0 Å². The molecule has 0 fully saturated rings. The zero-order valence-electron chi connectivity index (χ0n) is 12.7. The van der Waals surface area contributed by atoms with Gasteiger partial charge in [-0.15, -0.1) is 6.42 Å². The average molecular weight is 293 g/mol. The molecule has 2 aromatic carbocycles. The number of hydrogen-bond acceptors (Lipinski definition) is 3. The molecule has 0 aromatic heterocycles. The Morgan fingerprint density at radius 3 is 2.41 bits per heavy atom. The van der Waals surface area contributed by atoms with Gasteiger partial charge in [-0.05, 0) is 49.6 Å². The smallest absolute Gasteiger partial charge is 0.177 e. The van der Waals surface area contributed by atoms with Gasteiger partial charge in [-0.3, -0.25) is 0 Å². The number of hydrogen-bond donors (Lipinski definition) is 0. The molecule has 0 unspecified atom stereocenters. The van der Waals surface area contributed by atoms with E-state index >= 15 is 0 Å². The molecule has 3 heteroatoms. The molecule has 0 saturated carbocycles. The summed E-state index contributed by atoms with van der Waals surface area (Å²) in [5.41, 5.74) is 2.16. The lowest BCUT2D eigenvalue weighted by atomic mass is 10.1. The number of oxime groups is 1. The van der Waals surface area contributed by atoms with Crippen LogP contribution in [-0.4, -0.2) is 12.3 Å². The number of terminal acetylenes is 1. The van der Waals surface area contributed by atoms with Crippen molar-refractivity contribution in [3.8, 4) is 23.8 Å². The fourth-order valence-corrected chi connectivity index (χ4v) is 1.90. The second-order valence-corrected chi connectivity index (χ2v) is 4.86. The first kappa shape index (κ1) is 15.7. The highest BCUT2D eigenvalue weighted by Gasteiger charge is 1.99. The third-order valence-corrected chi connectivity index (χ3v) is 3.05. The lowest BCUT2D eigenvalue weighted by molar-refractivity contribution is 0.179. The quantitative estimate of drug-likeness (QED) is 0.327. The Hall–Kier alpha value is -2.73. The van der Waals surface area contributed by atoms with Gasteiger partial charge in [-0.1, -0.05) is 41.4 Å². The summed E-state index contributed by atoms with van der Waals surface area (Å²) in [7, 11) is 0. The summed E-state index contributed by atoms with van der Waals surface area (Å²) in [5, 5.41) is 3.95. The third-order valence-electron chi connectivity index (χ3n) is 3.05. The molecule has 22 heavy (non-hydrogen) atoms. The highest BCUT2D eigenvalue weighted by Crippen LogP contribution is 2.21. The third kappa shape index (κ3) is 5.34. The summed E-state index contributed by atoms with van der Waals surface area (Å²) in [4.78, 5) is 4.95. The molecule has 0 heterocycles. The van der Waals surface area contributed by atoms with E-state index in [1.807, 2.05) is 49.4 Å². The van der Waals surface area contributed by atoms with Crippen LogP contribution < -0.4 is 4.74 Å². The molecule has 0 spiro atoms. The maximum Gasteiger partial charge on any atom is 0.177 e. The monoisotopic (exact) mass is 293 g/mol. The summed E-state index contributed by atoms with van der Waals surface area (Å²) >= 11 is 0. The van der Waals surface area contributed by atoms with Gasteiger partial charge in [0.25, 0.3) is 0 Å². The molecule has 0 atom stereocenters. The van der Waals surface area contributed by atoms with Gasteiger partial charge in [0.2, 0.25) is 0 Å². The van der Waals surface area contributed by atoms with Crippen LogP contribution >= 0.6 is 0 Å². The SMILES string of the molecule is C#CCON=C(C)CCc1ccc(Oc2ccccc2)cc1. The van der Waals surface area contributed by atoms with E-state index < -0.39 is 0 Å². The van der Waals surface area contributed by atoms with Crippen molar-refractivity contribution in [3.63, 3.8) is 0 Å². The van der Waals surface area contributed by atoms with Crippen LogP contribution in [0.15, 0.2) is 59.8 Å². The molecule has 0 aliphatic carbocycles. The van der Waals surface area contributed by atoms with Crippen LogP contribution in [-0.2, 0) is 11.3 Å². The van der Waals surface area contributed by atoms with Gasteiger partial charge in [0.1, 0.15) is 11.5 Å². The summed E-state index contributed by atoms with van der Waals surface area (Å²) in [5.74, 6) is 4.05. The lowest BCUT2D eigenvalue weighted by Gasteiger charge is -2.06. The molecule has 0 aliphatic heterocycles.